The molecule has 0 radical (unpaired) electrons. The maximum atomic E-state index is 13.0. The molecule has 0 aromatic heterocycles. The highest BCUT2D eigenvalue weighted by Gasteiger charge is 2.48. The predicted molar refractivity (Wildman–Crippen MR) is 34.7 cm³/mol. The molecule has 0 spiro atoms. The van der Waals surface area contributed by atoms with Crippen LogP contribution in [-0.4, -0.2) is 22.9 Å². The molecule has 2 atom stereocenters. The average Bonchev–Trinajstić information content (AvgIpc) is 2.00. The second-order valence-electron chi connectivity index (χ2n) is 2.35. The molecule has 0 saturated heterocycles. The van der Waals surface area contributed by atoms with Gasteiger partial charge in [-0.05, 0) is 12.2 Å². The molecular formula is C7H5F3O2. The molecule has 2 nitrogen and oxygen atoms in total. The lowest BCUT2D eigenvalue weighted by Gasteiger charge is -2.21. The average molecular weight is 178 g/mol. The van der Waals surface area contributed by atoms with E-state index in [2.05, 4.69) is 0 Å². The van der Waals surface area contributed by atoms with Crippen LogP contribution < -0.4 is 0 Å². The van der Waals surface area contributed by atoms with Crippen molar-refractivity contribution < 1.29 is 23.1 Å². The van der Waals surface area contributed by atoms with Gasteiger partial charge in [0.25, 0.3) is 5.67 Å². The third-order valence-corrected chi connectivity index (χ3v) is 1.53. The molecule has 0 aliphatic heterocycles. The van der Waals surface area contributed by atoms with Gasteiger partial charge >= 0.3 is 5.97 Å². The molecule has 1 aliphatic carbocycles. The maximum Gasteiger partial charge on any atom is 0.349 e. The quantitative estimate of drug-likeness (QED) is 0.661. The zero-order valence-corrected chi connectivity index (χ0v) is 5.80. The van der Waals surface area contributed by atoms with Crippen molar-refractivity contribution in [3.05, 3.63) is 24.1 Å². The minimum atomic E-state index is -3.27. The van der Waals surface area contributed by atoms with Crippen molar-refractivity contribution in [3.8, 4) is 0 Å². The lowest BCUT2D eigenvalue weighted by molar-refractivity contribution is -0.151. The molecule has 12 heavy (non-hydrogen) atoms. The first-order valence-corrected chi connectivity index (χ1v) is 3.10. The summed E-state index contributed by atoms with van der Waals surface area (Å²) in [4.78, 5) is 10.2. The summed E-state index contributed by atoms with van der Waals surface area (Å²) in [5.74, 6) is -3.45. The third kappa shape index (κ3) is 1.11. The molecule has 0 fully saturated rings. The molecule has 1 N–H and O–H groups in total. The Morgan fingerprint density at radius 1 is 1.67 bits per heavy atom. The summed E-state index contributed by atoms with van der Waals surface area (Å²) in [6.07, 6.45) is -0.756. The van der Waals surface area contributed by atoms with Gasteiger partial charge in [-0.3, -0.25) is 0 Å². The Hall–Kier alpha value is -1.26. The van der Waals surface area contributed by atoms with Gasteiger partial charge in [0.05, 0.1) is 0 Å². The number of carboxylic acids is 1. The Morgan fingerprint density at radius 3 is 2.67 bits per heavy atom. The molecule has 0 bridgehead atoms. The first-order valence-electron chi connectivity index (χ1n) is 3.10. The second-order valence-corrected chi connectivity index (χ2v) is 2.35. The van der Waals surface area contributed by atoms with E-state index in [9.17, 15) is 18.0 Å². The Bertz CT molecular complexity index is 272. The number of hydrogen-bond acceptors (Lipinski definition) is 1. The van der Waals surface area contributed by atoms with Gasteiger partial charge < -0.3 is 5.11 Å². The van der Waals surface area contributed by atoms with Crippen LogP contribution in [-0.2, 0) is 4.79 Å². The zero-order valence-electron chi connectivity index (χ0n) is 5.80. The minimum absolute atomic E-state index is 0.475. The molecular weight excluding hydrogens is 173 g/mol. The van der Waals surface area contributed by atoms with Crippen molar-refractivity contribution >= 4 is 5.97 Å². The summed E-state index contributed by atoms with van der Waals surface area (Å²) >= 11 is 0. The molecule has 0 aromatic rings. The first-order chi connectivity index (χ1) is 5.48. The molecule has 0 saturated carbocycles. The van der Waals surface area contributed by atoms with E-state index in [0.717, 1.165) is 6.08 Å². The predicted octanol–water partition coefficient (Wildman–Crippen LogP) is 1.54. The van der Waals surface area contributed by atoms with Crippen LogP contribution >= 0.6 is 0 Å². The van der Waals surface area contributed by atoms with Crippen LogP contribution in [0.3, 0.4) is 0 Å². The lowest BCUT2D eigenvalue weighted by atomic mass is 9.95. The van der Waals surface area contributed by atoms with Crippen LogP contribution in [0, 0.1) is 0 Å². The molecule has 1 rings (SSSR count). The number of hydrogen-bond donors (Lipinski definition) is 1. The van der Waals surface area contributed by atoms with Crippen LogP contribution in [0.2, 0.25) is 0 Å². The number of halogens is 3. The van der Waals surface area contributed by atoms with E-state index in [1.54, 1.807) is 0 Å². The van der Waals surface area contributed by atoms with E-state index in [-0.39, 0.29) is 0 Å². The van der Waals surface area contributed by atoms with E-state index >= 15 is 0 Å². The molecule has 5 heteroatoms. The minimum Gasteiger partial charge on any atom is -0.479 e. The highest BCUT2D eigenvalue weighted by molar-refractivity contribution is 5.82. The smallest absolute Gasteiger partial charge is 0.349 e. The van der Waals surface area contributed by atoms with Gasteiger partial charge in [0.1, 0.15) is 5.83 Å². The topological polar surface area (TPSA) is 37.3 Å². The second kappa shape index (κ2) is 2.66. The van der Waals surface area contributed by atoms with Crippen molar-refractivity contribution in [1.82, 2.24) is 0 Å². The summed E-state index contributed by atoms with van der Waals surface area (Å²) in [5, 5.41) is 8.23. The number of alkyl halides is 2. The number of rotatable bonds is 1. The van der Waals surface area contributed by atoms with Crippen LogP contribution in [0.15, 0.2) is 24.1 Å². The summed E-state index contributed by atoms with van der Waals surface area (Å²) in [6.45, 7) is 0. The fourth-order valence-electron chi connectivity index (χ4n) is 0.829. The van der Waals surface area contributed by atoms with E-state index in [1.165, 1.54) is 0 Å². The summed E-state index contributed by atoms with van der Waals surface area (Å²) < 4.78 is 38.0. The van der Waals surface area contributed by atoms with Crippen LogP contribution in [0.25, 0.3) is 0 Å². The Morgan fingerprint density at radius 2 is 2.25 bits per heavy atom. The maximum absolute atomic E-state index is 13.0. The van der Waals surface area contributed by atoms with Crippen LogP contribution in [0.5, 0.6) is 0 Å². The lowest BCUT2D eigenvalue weighted by Crippen LogP contribution is -2.42. The van der Waals surface area contributed by atoms with Gasteiger partial charge in [-0.2, -0.15) is 0 Å². The summed E-state index contributed by atoms with van der Waals surface area (Å²) in [6, 6.07) is 0. The molecule has 2 unspecified atom stereocenters. The molecule has 0 heterocycles. The van der Waals surface area contributed by atoms with E-state index in [0.29, 0.717) is 12.2 Å². The van der Waals surface area contributed by atoms with Crippen molar-refractivity contribution in [2.24, 2.45) is 0 Å². The van der Waals surface area contributed by atoms with E-state index in [1.807, 2.05) is 0 Å². The standard InChI is InChI=1S/C7H5F3O2/c8-4-2-1-3-7(10,5(4)9)6(11)12/h1-3,5H,(H,11,12). The van der Waals surface area contributed by atoms with Crippen LogP contribution in [0.1, 0.15) is 0 Å². The van der Waals surface area contributed by atoms with Crippen molar-refractivity contribution in [3.63, 3.8) is 0 Å². The number of allylic oxidation sites excluding steroid dienone is 3. The Kier molecular flexibility index (Phi) is 1.95. The Balaban J connectivity index is 3.03. The molecule has 1 aliphatic rings. The van der Waals surface area contributed by atoms with Gasteiger partial charge in [0, 0.05) is 0 Å². The van der Waals surface area contributed by atoms with Crippen molar-refractivity contribution in [2.45, 2.75) is 11.8 Å². The highest BCUT2D eigenvalue weighted by atomic mass is 19.2. The molecule has 0 aromatic carbocycles. The number of aliphatic carboxylic acids is 1. The van der Waals surface area contributed by atoms with E-state index in [4.69, 9.17) is 5.11 Å². The van der Waals surface area contributed by atoms with Crippen molar-refractivity contribution in [1.29, 1.82) is 0 Å². The normalized spacial score (nSPS) is 34.6. The molecule has 0 amide bonds. The van der Waals surface area contributed by atoms with Gasteiger partial charge in [-0.25, -0.2) is 18.0 Å². The number of carboxylic acid groups (broad SMARTS) is 1. The first kappa shape index (κ1) is 8.83. The van der Waals surface area contributed by atoms with Gasteiger partial charge in [0.15, 0.2) is 6.17 Å². The number of carbonyl (C=O) groups is 1. The zero-order chi connectivity index (χ0) is 9.35. The molecule has 66 valence electrons. The fraction of sp³-hybridized carbons (Fsp3) is 0.286. The van der Waals surface area contributed by atoms with Crippen LogP contribution in [0.4, 0.5) is 13.2 Å². The van der Waals surface area contributed by atoms with Gasteiger partial charge in [-0.15, -0.1) is 0 Å². The Labute approximate surface area is 66.0 Å². The van der Waals surface area contributed by atoms with E-state index < -0.39 is 23.6 Å². The monoisotopic (exact) mass is 178 g/mol. The fourth-order valence-corrected chi connectivity index (χ4v) is 0.829. The third-order valence-electron chi connectivity index (χ3n) is 1.53. The SMILES string of the molecule is O=C(O)C1(F)C=CC=C(F)C1F. The summed E-state index contributed by atoms with van der Waals surface area (Å²) in [5.41, 5.74) is -3.27. The van der Waals surface area contributed by atoms with Gasteiger partial charge in [-0.1, -0.05) is 6.08 Å². The van der Waals surface area contributed by atoms with Gasteiger partial charge in [0.2, 0.25) is 0 Å². The highest BCUT2D eigenvalue weighted by Crippen LogP contribution is 2.31. The largest absolute Gasteiger partial charge is 0.479 e. The summed E-state index contributed by atoms with van der Waals surface area (Å²) in [7, 11) is 0. The van der Waals surface area contributed by atoms with Crippen molar-refractivity contribution in [2.75, 3.05) is 0 Å².